The lowest BCUT2D eigenvalue weighted by Crippen LogP contribution is -2.31. The van der Waals surface area contributed by atoms with Gasteiger partial charge in [-0.2, -0.15) is 0 Å². The number of benzene rings is 2. The first-order valence-electron chi connectivity index (χ1n) is 6.98. The molecule has 0 N–H and O–H groups in total. The fourth-order valence-electron chi connectivity index (χ4n) is 2.47. The molecule has 0 atom stereocenters. The van der Waals surface area contributed by atoms with Crippen LogP contribution in [-0.4, -0.2) is 32.1 Å². The number of hydrogen-bond acceptors (Lipinski definition) is 3. The zero-order valence-corrected chi connectivity index (χ0v) is 14.1. The van der Waals surface area contributed by atoms with E-state index in [9.17, 15) is 0 Å². The SMILES string of the molecule is CN(C)CCN1Cc2ccccc2Sc2ccccc21.Cl. The molecule has 1 heterocycles. The van der Waals surface area contributed by atoms with Crippen LogP contribution in [0, 0.1) is 0 Å². The van der Waals surface area contributed by atoms with Crippen LogP contribution in [0.1, 0.15) is 5.56 Å². The van der Waals surface area contributed by atoms with Gasteiger partial charge in [0.15, 0.2) is 0 Å². The van der Waals surface area contributed by atoms with Gasteiger partial charge >= 0.3 is 0 Å². The van der Waals surface area contributed by atoms with Crippen molar-refractivity contribution < 1.29 is 0 Å². The van der Waals surface area contributed by atoms with Crippen molar-refractivity contribution in [3.05, 3.63) is 54.1 Å². The third kappa shape index (κ3) is 3.73. The van der Waals surface area contributed by atoms with E-state index in [4.69, 9.17) is 0 Å². The number of hydrogen-bond donors (Lipinski definition) is 0. The molecule has 2 aromatic rings. The minimum atomic E-state index is 0. The van der Waals surface area contributed by atoms with Crippen molar-refractivity contribution >= 4 is 29.9 Å². The fraction of sp³-hybridized carbons (Fsp3) is 0.294. The van der Waals surface area contributed by atoms with Crippen LogP contribution in [0.5, 0.6) is 0 Å². The van der Waals surface area contributed by atoms with Crippen LogP contribution in [0.3, 0.4) is 0 Å². The monoisotopic (exact) mass is 320 g/mol. The molecular weight excluding hydrogens is 300 g/mol. The summed E-state index contributed by atoms with van der Waals surface area (Å²) in [6.45, 7) is 3.12. The van der Waals surface area contributed by atoms with Crippen molar-refractivity contribution in [3.63, 3.8) is 0 Å². The lowest BCUT2D eigenvalue weighted by molar-refractivity contribution is 0.412. The Hall–Kier alpha value is -1.16. The van der Waals surface area contributed by atoms with Gasteiger partial charge in [-0.25, -0.2) is 0 Å². The zero-order valence-electron chi connectivity index (χ0n) is 12.5. The molecule has 0 unspecified atom stereocenters. The van der Waals surface area contributed by atoms with Crippen molar-refractivity contribution in [1.82, 2.24) is 4.90 Å². The van der Waals surface area contributed by atoms with E-state index in [1.54, 1.807) is 0 Å². The summed E-state index contributed by atoms with van der Waals surface area (Å²) in [6, 6.07) is 17.5. The van der Waals surface area contributed by atoms with E-state index in [0.717, 1.165) is 19.6 Å². The Balaban J connectivity index is 0.00000161. The van der Waals surface area contributed by atoms with Gasteiger partial charge in [-0.3, -0.25) is 0 Å². The summed E-state index contributed by atoms with van der Waals surface area (Å²) in [6.07, 6.45) is 0. The first-order valence-corrected chi connectivity index (χ1v) is 7.80. The fourth-order valence-corrected chi connectivity index (χ4v) is 3.56. The molecule has 3 rings (SSSR count). The lowest BCUT2D eigenvalue weighted by Gasteiger charge is -2.26. The molecular formula is C17H21ClN2S. The van der Waals surface area contributed by atoms with Crippen molar-refractivity contribution in [3.8, 4) is 0 Å². The second kappa shape index (κ2) is 7.21. The summed E-state index contributed by atoms with van der Waals surface area (Å²) in [5.74, 6) is 0. The maximum Gasteiger partial charge on any atom is 0.0511 e. The number of likely N-dealkylation sites (N-methyl/N-ethyl adjacent to an activating group) is 1. The number of halogens is 1. The van der Waals surface area contributed by atoms with Gasteiger partial charge < -0.3 is 9.80 Å². The third-order valence-electron chi connectivity index (χ3n) is 3.58. The first kappa shape index (κ1) is 16.2. The molecule has 0 saturated heterocycles. The average molecular weight is 321 g/mol. The third-order valence-corrected chi connectivity index (χ3v) is 4.76. The van der Waals surface area contributed by atoms with Crippen LogP contribution in [0.15, 0.2) is 58.3 Å². The number of para-hydroxylation sites is 1. The van der Waals surface area contributed by atoms with Gasteiger partial charge in [-0.1, -0.05) is 42.1 Å². The maximum atomic E-state index is 2.49. The molecule has 2 nitrogen and oxygen atoms in total. The highest BCUT2D eigenvalue weighted by Crippen LogP contribution is 2.40. The van der Waals surface area contributed by atoms with Gasteiger partial charge in [-0.15, -0.1) is 12.4 Å². The quantitative estimate of drug-likeness (QED) is 0.839. The van der Waals surface area contributed by atoms with Crippen LogP contribution >= 0.6 is 24.2 Å². The molecule has 2 aromatic carbocycles. The van der Waals surface area contributed by atoms with Crippen molar-refractivity contribution in [2.75, 3.05) is 32.1 Å². The molecule has 0 aromatic heterocycles. The maximum absolute atomic E-state index is 2.49. The number of rotatable bonds is 3. The minimum absolute atomic E-state index is 0. The Kier molecular flexibility index (Phi) is 5.57. The molecule has 0 bridgehead atoms. The van der Waals surface area contributed by atoms with Crippen LogP contribution in [0.2, 0.25) is 0 Å². The molecule has 0 fully saturated rings. The lowest BCUT2D eigenvalue weighted by atomic mass is 10.2. The summed E-state index contributed by atoms with van der Waals surface area (Å²) in [5, 5.41) is 0. The Bertz CT molecular complexity index is 601. The van der Waals surface area contributed by atoms with Crippen LogP contribution < -0.4 is 4.90 Å². The molecule has 0 spiro atoms. The highest BCUT2D eigenvalue weighted by Gasteiger charge is 2.18. The van der Waals surface area contributed by atoms with E-state index in [0.29, 0.717) is 0 Å². The molecule has 112 valence electrons. The van der Waals surface area contributed by atoms with Crippen LogP contribution in [0.25, 0.3) is 0 Å². The Morgan fingerprint density at radius 1 is 1.00 bits per heavy atom. The van der Waals surface area contributed by atoms with Gasteiger partial charge in [0.05, 0.1) is 5.69 Å². The Morgan fingerprint density at radius 3 is 2.43 bits per heavy atom. The summed E-state index contributed by atoms with van der Waals surface area (Å²) in [7, 11) is 4.26. The molecule has 21 heavy (non-hydrogen) atoms. The second-order valence-electron chi connectivity index (χ2n) is 5.40. The van der Waals surface area contributed by atoms with Gasteiger partial charge in [-0.05, 0) is 37.9 Å². The standard InChI is InChI=1S/C17H20N2S.ClH/c1-18(2)11-12-19-13-14-7-3-5-9-16(14)20-17-10-6-4-8-15(17)19;/h3-10H,11-13H2,1-2H3;1H. The van der Waals surface area contributed by atoms with Gasteiger partial charge in [0.1, 0.15) is 0 Å². The number of anilines is 1. The van der Waals surface area contributed by atoms with Crippen LogP contribution in [0.4, 0.5) is 5.69 Å². The predicted molar refractivity (Wildman–Crippen MR) is 93.9 cm³/mol. The topological polar surface area (TPSA) is 6.48 Å². The molecule has 0 saturated carbocycles. The molecule has 4 heteroatoms. The van der Waals surface area contributed by atoms with E-state index in [1.165, 1.54) is 21.0 Å². The largest absolute Gasteiger partial charge is 0.365 e. The van der Waals surface area contributed by atoms with E-state index in [-0.39, 0.29) is 12.4 Å². The number of fused-ring (bicyclic) bond motifs is 2. The summed E-state index contributed by atoms with van der Waals surface area (Å²) in [5.41, 5.74) is 2.78. The van der Waals surface area contributed by atoms with Gasteiger partial charge in [0, 0.05) is 29.4 Å². The highest BCUT2D eigenvalue weighted by molar-refractivity contribution is 7.99. The van der Waals surface area contributed by atoms with Crippen molar-refractivity contribution in [1.29, 1.82) is 0 Å². The summed E-state index contributed by atoms with van der Waals surface area (Å²) >= 11 is 1.89. The van der Waals surface area contributed by atoms with E-state index < -0.39 is 0 Å². The Labute approximate surface area is 137 Å². The minimum Gasteiger partial charge on any atom is -0.365 e. The van der Waals surface area contributed by atoms with Crippen LogP contribution in [-0.2, 0) is 6.54 Å². The van der Waals surface area contributed by atoms with E-state index in [2.05, 4.69) is 72.4 Å². The first-order chi connectivity index (χ1) is 9.74. The molecule has 0 radical (unpaired) electrons. The number of nitrogens with zero attached hydrogens (tertiary/aromatic N) is 2. The molecule has 1 aliphatic heterocycles. The molecule has 0 amide bonds. The van der Waals surface area contributed by atoms with E-state index >= 15 is 0 Å². The summed E-state index contributed by atoms with van der Waals surface area (Å²) in [4.78, 5) is 7.48. The second-order valence-corrected chi connectivity index (χ2v) is 6.49. The zero-order chi connectivity index (χ0) is 13.9. The highest BCUT2D eigenvalue weighted by atomic mass is 35.5. The average Bonchev–Trinajstić information content (AvgIpc) is 2.61. The van der Waals surface area contributed by atoms with Crippen molar-refractivity contribution in [2.24, 2.45) is 0 Å². The molecule has 0 aliphatic carbocycles. The van der Waals surface area contributed by atoms with Gasteiger partial charge in [0.25, 0.3) is 0 Å². The van der Waals surface area contributed by atoms with E-state index in [1.807, 2.05) is 11.8 Å². The molecule has 1 aliphatic rings. The normalized spacial score (nSPS) is 13.2. The van der Waals surface area contributed by atoms with Crippen molar-refractivity contribution in [2.45, 2.75) is 16.3 Å². The van der Waals surface area contributed by atoms with Gasteiger partial charge in [0.2, 0.25) is 0 Å². The summed E-state index contributed by atoms with van der Waals surface area (Å²) < 4.78 is 0. The predicted octanol–water partition coefficient (Wildman–Crippen LogP) is 4.14. The smallest absolute Gasteiger partial charge is 0.0511 e. The Morgan fingerprint density at radius 2 is 1.67 bits per heavy atom.